The molecule has 0 spiro atoms. The quantitative estimate of drug-likeness (QED) is 0.575. The first kappa shape index (κ1) is 15.1. The normalized spacial score (nSPS) is 12.6. The van der Waals surface area contributed by atoms with Crippen LogP contribution < -0.4 is 0 Å². The lowest BCUT2D eigenvalue weighted by molar-refractivity contribution is -0.132. The number of hydrogen-bond donors (Lipinski definition) is 0. The molecule has 0 unspecified atom stereocenters. The van der Waals surface area contributed by atoms with Crippen LogP contribution in [0, 0.1) is 0 Å². The molecule has 4 nitrogen and oxygen atoms in total. The zero-order valence-electron chi connectivity index (χ0n) is 10.8. The Hall–Kier alpha value is -0.886. The molecule has 0 aliphatic heterocycles. The number of rotatable bonds is 4. The van der Waals surface area contributed by atoms with Crippen LogP contribution in [0.15, 0.2) is 12.2 Å². The number of carbonyl (C=O) groups excluding carboxylic acids is 2. The highest BCUT2D eigenvalue weighted by Gasteiger charge is 2.20. The first-order valence-corrected chi connectivity index (χ1v) is 12.0. The summed E-state index contributed by atoms with van der Waals surface area (Å²) < 4.78 is 10.3. The Bertz CT molecular complexity index is 267. The maximum absolute atomic E-state index is 11.3. The van der Waals surface area contributed by atoms with Crippen LogP contribution in [0.5, 0.6) is 0 Å². The van der Waals surface area contributed by atoms with Gasteiger partial charge in [0, 0.05) is 12.2 Å². The molecule has 0 saturated heterocycles. The average Bonchev–Trinajstić information content (AvgIpc) is 1.94. The van der Waals surface area contributed by atoms with E-state index in [2.05, 4.69) is 0 Å². The summed E-state index contributed by atoms with van der Waals surface area (Å²) in [7, 11) is -3.77. The van der Waals surface area contributed by atoms with E-state index in [1.807, 2.05) is 39.3 Å². The van der Waals surface area contributed by atoms with E-state index in [1.54, 1.807) is 0 Å². The van der Waals surface area contributed by atoms with Gasteiger partial charge in [-0.2, -0.15) is 0 Å². The first-order valence-electron chi connectivity index (χ1n) is 5.14. The molecule has 0 amide bonds. The highest BCUT2D eigenvalue weighted by Crippen LogP contribution is 2.05. The smallest absolute Gasteiger partial charge is 0.317 e. The minimum Gasteiger partial charge on any atom is -0.517 e. The van der Waals surface area contributed by atoms with Gasteiger partial charge in [-0.3, -0.25) is 0 Å². The summed E-state index contributed by atoms with van der Waals surface area (Å²) in [4.78, 5) is 22.5. The third kappa shape index (κ3) is 9.66. The van der Waals surface area contributed by atoms with Crippen LogP contribution in [0.3, 0.4) is 0 Å². The van der Waals surface area contributed by atoms with Crippen LogP contribution in [-0.2, 0) is 18.4 Å². The van der Waals surface area contributed by atoms with E-state index in [4.69, 9.17) is 8.85 Å². The van der Waals surface area contributed by atoms with Gasteiger partial charge in [0.25, 0.3) is 0 Å². The predicted octanol–water partition coefficient (Wildman–Crippen LogP) is 2.30. The van der Waals surface area contributed by atoms with Crippen molar-refractivity contribution in [1.29, 1.82) is 0 Å². The standard InChI is InChI=1S/C10H20O4Si2/c1-15(2,3)13-9(11)7-8-10(12)14-16(4,5)6/h7-8H,1-6H3. The zero-order chi connectivity index (χ0) is 13.0. The second-order valence-corrected chi connectivity index (χ2v) is 14.3. The monoisotopic (exact) mass is 260 g/mol. The Morgan fingerprint density at radius 3 is 1.19 bits per heavy atom. The molecule has 0 N–H and O–H groups in total. The molecule has 0 saturated carbocycles. The minimum absolute atomic E-state index is 0.480. The fourth-order valence-electron chi connectivity index (χ4n) is 0.808. The van der Waals surface area contributed by atoms with E-state index < -0.39 is 28.6 Å². The molecule has 0 radical (unpaired) electrons. The van der Waals surface area contributed by atoms with Crippen LogP contribution in [0.4, 0.5) is 0 Å². The van der Waals surface area contributed by atoms with Gasteiger partial charge >= 0.3 is 11.9 Å². The molecule has 0 fully saturated rings. The molecule has 0 aromatic rings. The van der Waals surface area contributed by atoms with Crippen LogP contribution in [0.1, 0.15) is 0 Å². The summed E-state index contributed by atoms with van der Waals surface area (Å²) in [5.74, 6) is -0.960. The van der Waals surface area contributed by atoms with Crippen molar-refractivity contribution in [1.82, 2.24) is 0 Å². The molecular formula is C10H20O4Si2. The van der Waals surface area contributed by atoms with Gasteiger partial charge in [0.1, 0.15) is 0 Å². The molecule has 0 aliphatic carbocycles. The van der Waals surface area contributed by atoms with Crippen LogP contribution in [0.2, 0.25) is 39.3 Å². The van der Waals surface area contributed by atoms with Gasteiger partial charge in [-0.1, -0.05) is 0 Å². The molecule has 0 aliphatic rings. The third-order valence-electron chi connectivity index (χ3n) is 1.17. The maximum atomic E-state index is 11.3. The lowest BCUT2D eigenvalue weighted by atomic mass is 10.5. The van der Waals surface area contributed by atoms with Gasteiger partial charge in [0.2, 0.25) is 16.6 Å². The average molecular weight is 260 g/mol. The zero-order valence-corrected chi connectivity index (χ0v) is 12.8. The Morgan fingerprint density at radius 1 is 0.750 bits per heavy atom. The minimum atomic E-state index is -1.88. The summed E-state index contributed by atoms with van der Waals surface area (Å²) in [5.41, 5.74) is 0. The summed E-state index contributed by atoms with van der Waals surface area (Å²) >= 11 is 0. The van der Waals surface area contributed by atoms with Crippen LogP contribution >= 0.6 is 0 Å². The van der Waals surface area contributed by atoms with Crippen molar-refractivity contribution in [3.63, 3.8) is 0 Å². The van der Waals surface area contributed by atoms with Gasteiger partial charge in [-0.25, -0.2) is 9.59 Å². The first-order chi connectivity index (χ1) is 6.99. The van der Waals surface area contributed by atoms with E-state index in [0.717, 1.165) is 12.2 Å². The second kappa shape index (κ2) is 5.44. The van der Waals surface area contributed by atoms with Crippen molar-refractivity contribution in [3.05, 3.63) is 12.2 Å². The SMILES string of the molecule is C[Si](C)(C)OC(=O)C=CC(=O)O[Si](C)(C)C. The molecule has 92 valence electrons. The molecular weight excluding hydrogens is 240 g/mol. The van der Waals surface area contributed by atoms with Crippen LogP contribution in [0.25, 0.3) is 0 Å². The van der Waals surface area contributed by atoms with Crippen molar-refractivity contribution in [2.45, 2.75) is 39.3 Å². The molecule has 16 heavy (non-hydrogen) atoms. The van der Waals surface area contributed by atoms with E-state index in [0.29, 0.717) is 0 Å². The van der Waals surface area contributed by atoms with Gasteiger partial charge in [-0.05, 0) is 39.3 Å². The third-order valence-corrected chi connectivity index (χ3v) is 2.80. The van der Waals surface area contributed by atoms with Crippen molar-refractivity contribution < 1.29 is 18.4 Å². The Kier molecular flexibility index (Phi) is 5.14. The van der Waals surface area contributed by atoms with E-state index in [1.165, 1.54) is 0 Å². The molecule has 6 heteroatoms. The van der Waals surface area contributed by atoms with Gasteiger partial charge in [0.05, 0.1) is 0 Å². The number of carbonyl (C=O) groups is 2. The summed E-state index contributed by atoms with van der Waals surface area (Å²) in [6.45, 7) is 11.4. The predicted molar refractivity (Wildman–Crippen MR) is 68.0 cm³/mol. The van der Waals surface area contributed by atoms with Gasteiger partial charge in [0.15, 0.2) is 0 Å². The van der Waals surface area contributed by atoms with Crippen molar-refractivity contribution in [2.75, 3.05) is 0 Å². The Labute approximate surface area is 98.9 Å². The maximum Gasteiger partial charge on any atom is 0.317 e. The topological polar surface area (TPSA) is 52.6 Å². The fraction of sp³-hybridized carbons (Fsp3) is 0.600. The fourth-order valence-corrected chi connectivity index (χ4v) is 2.15. The second-order valence-electron chi connectivity index (χ2n) is 5.40. The summed E-state index contributed by atoms with van der Waals surface area (Å²) in [6.07, 6.45) is 2.25. The highest BCUT2D eigenvalue weighted by molar-refractivity contribution is 6.71. The Balaban J connectivity index is 4.20. The van der Waals surface area contributed by atoms with E-state index in [9.17, 15) is 9.59 Å². The van der Waals surface area contributed by atoms with Gasteiger partial charge in [-0.15, -0.1) is 0 Å². The molecule has 0 heterocycles. The van der Waals surface area contributed by atoms with E-state index in [-0.39, 0.29) is 0 Å². The van der Waals surface area contributed by atoms with Crippen molar-refractivity contribution in [3.8, 4) is 0 Å². The molecule has 0 rings (SSSR count). The largest absolute Gasteiger partial charge is 0.517 e. The lowest BCUT2D eigenvalue weighted by Gasteiger charge is -2.16. The molecule has 0 aromatic carbocycles. The van der Waals surface area contributed by atoms with Gasteiger partial charge < -0.3 is 8.85 Å². The summed E-state index contributed by atoms with van der Waals surface area (Å²) in [5, 5.41) is 0. The highest BCUT2D eigenvalue weighted by atomic mass is 28.4. The van der Waals surface area contributed by atoms with E-state index >= 15 is 0 Å². The van der Waals surface area contributed by atoms with Crippen LogP contribution in [-0.4, -0.2) is 28.6 Å². The molecule has 0 atom stereocenters. The Morgan fingerprint density at radius 2 is 1.00 bits per heavy atom. The molecule has 0 bridgehead atoms. The van der Waals surface area contributed by atoms with Crippen molar-refractivity contribution >= 4 is 28.6 Å². The van der Waals surface area contributed by atoms with Crippen molar-refractivity contribution in [2.24, 2.45) is 0 Å². The molecule has 0 aromatic heterocycles. The lowest BCUT2D eigenvalue weighted by Crippen LogP contribution is -2.29. The number of hydrogen-bond acceptors (Lipinski definition) is 4. The summed E-state index contributed by atoms with van der Waals surface area (Å²) in [6, 6.07) is 0.